The van der Waals surface area contributed by atoms with Crippen molar-refractivity contribution >= 4 is 23.4 Å². The van der Waals surface area contributed by atoms with Crippen LogP contribution in [0.25, 0.3) is 0 Å². The van der Waals surface area contributed by atoms with Crippen LogP contribution in [0.4, 0.5) is 5.69 Å². The first-order valence-electron chi connectivity index (χ1n) is 7.54. The molecule has 1 aromatic carbocycles. The number of amides is 1. The van der Waals surface area contributed by atoms with E-state index in [-0.39, 0.29) is 16.7 Å². The molecule has 0 radical (unpaired) electrons. The molecule has 1 unspecified atom stereocenters. The van der Waals surface area contributed by atoms with Crippen LogP contribution in [0.1, 0.15) is 30.7 Å². The zero-order chi connectivity index (χ0) is 17.0. The molecule has 1 atom stereocenters. The molecule has 0 aliphatic rings. The Morgan fingerprint density at radius 3 is 2.74 bits per heavy atom. The van der Waals surface area contributed by atoms with Gasteiger partial charge in [-0.2, -0.15) is 0 Å². The van der Waals surface area contributed by atoms with E-state index >= 15 is 0 Å². The number of aryl methyl sites for hydroxylation is 3. The van der Waals surface area contributed by atoms with Gasteiger partial charge in [-0.15, -0.1) is 0 Å². The molecule has 5 nitrogen and oxygen atoms in total. The Morgan fingerprint density at radius 2 is 2.09 bits per heavy atom. The molecule has 1 heterocycles. The van der Waals surface area contributed by atoms with Crippen LogP contribution in [0.2, 0.25) is 0 Å². The summed E-state index contributed by atoms with van der Waals surface area (Å²) in [6.45, 7) is 7.71. The number of aromatic amines is 1. The monoisotopic (exact) mass is 331 g/mol. The summed E-state index contributed by atoms with van der Waals surface area (Å²) in [7, 11) is 0. The molecule has 23 heavy (non-hydrogen) atoms. The molecule has 0 aliphatic heterocycles. The number of benzene rings is 1. The number of carbonyl (C=O) groups is 1. The number of carbonyl (C=O) groups excluding carboxylic acids is 1. The summed E-state index contributed by atoms with van der Waals surface area (Å²) in [6, 6.07) is 7.36. The smallest absolute Gasteiger partial charge is 0.251 e. The third-order valence-corrected chi connectivity index (χ3v) is 4.42. The zero-order valence-electron chi connectivity index (χ0n) is 13.8. The van der Waals surface area contributed by atoms with Gasteiger partial charge in [0, 0.05) is 17.4 Å². The van der Waals surface area contributed by atoms with Gasteiger partial charge >= 0.3 is 0 Å². The lowest BCUT2D eigenvalue weighted by Crippen LogP contribution is -2.23. The molecule has 2 N–H and O–H groups in total. The van der Waals surface area contributed by atoms with Crippen LogP contribution in [0.3, 0.4) is 0 Å². The summed E-state index contributed by atoms with van der Waals surface area (Å²) in [5, 5.41) is 3.02. The van der Waals surface area contributed by atoms with Gasteiger partial charge in [-0.05, 0) is 38.8 Å². The summed E-state index contributed by atoms with van der Waals surface area (Å²) in [6.07, 6.45) is 0.681. The highest BCUT2D eigenvalue weighted by Gasteiger charge is 2.17. The number of thioether (sulfide) groups is 1. The Bertz CT molecular complexity index is 771. The van der Waals surface area contributed by atoms with Gasteiger partial charge < -0.3 is 10.3 Å². The second kappa shape index (κ2) is 7.46. The fourth-order valence-corrected chi connectivity index (χ4v) is 2.96. The van der Waals surface area contributed by atoms with Gasteiger partial charge in [0.25, 0.3) is 5.56 Å². The minimum Gasteiger partial charge on any atom is -0.325 e. The van der Waals surface area contributed by atoms with Crippen molar-refractivity contribution in [3.05, 3.63) is 51.4 Å². The Balaban J connectivity index is 2.08. The molecule has 0 spiro atoms. The molecule has 0 bridgehead atoms. The normalized spacial score (nSPS) is 12.0. The van der Waals surface area contributed by atoms with Crippen molar-refractivity contribution < 1.29 is 4.79 Å². The molecule has 2 rings (SSSR count). The molecular weight excluding hydrogens is 310 g/mol. The maximum Gasteiger partial charge on any atom is 0.251 e. The standard InChI is InChI=1S/C17H21N3O2S/c1-5-13-9-15(21)20-17(18-13)23-12(4)16(22)19-14-7-6-10(2)8-11(14)3/h6-9,12H,5H2,1-4H3,(H,19,22)(H,18,20,21). The van der Waals surface area contributed by atoms with E-state index in [1.165, 1.54) is 17.8 Å². The first kappa shape index (κ1) is 17.3. The third-order valence-electron chi connectivity index (χ3n) is 3.43. The van der Waals surface area contributed by atoms with Gasteiger partial charge in [0.05, 0.1) is 5.25 Å². The van der Waals surface area contributed by atoms with Crippen molar-refractivity contribution in [2.45, 2.75) is 44.5 Å². The minimum atomic E-state index is -0.369. The fraction of sp³-hybridized carbons (Fsp3) is 0.353. The van der Waals surface area contributed by atoms with Crippen LogP contribution in [0.15, 0.2) is 34.2 Å². The predicted octanol–water partition coefficient (Wildman–Crippen LogP) is 3.07. The van der Waals surface area contributed by atoms with E-state index in [9.17, 15) is 9.59 Å². The number of hydrogen-bond donors (Lipinski definition) is 2. The summed E-state index contributed by atoms with van der Waals surface area (Å²) in [5.41, 5.74) is 3.51. The van der Waals surface area contributed by atoms with Gasteiger partial charge in [0.1, 0.15) is 0 Å². The lowest BCUT2D eigenvalue weighted by atomic mass is 10.1. The molecule has 0 saturated carbocycles. The van der Waals surface area contributed by atoms with Crippen molar-refractivity contribution in [2.24, 2.45) is 0 Å². The Kier molecular flexibility index (Phi) is 5.60. The van der Waals surface area contributed by atoms with Gasteiger partial charge in [-0.25, -0.2) is 4.98 Å². The quantitative estimate of drug-likeness (QED) is 0.652. The first-order valence-corrected chi connectivity index (χ1v) is 8.42. The number of aromatic nitrogens is 2. The van der Waals surface area contributed by atoms with Crippen LogP contribution in [-0.4, -0.2) is 21.1 Å². The highest BCUT2D eigenvalue weighted by molar-refractivity contribution is 8.00. The van der Waals surface area contributed by atoms with Crippen LogP contribution < -0.4 is 10.9 Å². The molecule has 0 fully saturated rings. The average Bonchev–Trinajstić information content (AvgIpc) is 2.49. The van der Waals surface area contributed by atoms with Crippen LogP contribution in [0.5, 0.6) is 0 Å². The third kappa shape index (κ3) is 4.69. The van der Waals surface area contributed by atoms with E-state index in [0.717, 1.165) is 22.5 Å². The molecule has 6 heteroatoms. The van der Waals surface area contributed by atoms with Gasteiger partial charge in [-0.1, -0.05) is 36.4 Å². The maximum absolute atomic E-state index is 12.3. The Labute approximate surface area is 139 Å². The average molecular weight is 331 g/mol. The molecule has 122 valence electrons. The van der Waals surface area contributed by atoms with Gasteiger partial charge in [0.2, 0.25) is 5.91 Å². The van der Waals surface area contributed by atoms with Gasteiger partial charge in [0.15, 0.2) is 5.16 Å². The second-order valence-electron chi connectivity index (χ2n) is 5.46. The molecule has 0 aliphatic carbocycles. The van der Waals surface area contributed by atoms with Crippen LogP contribution in [0, 0.1) is 13.8 Å². The van der Waals surface area contributed by atoms with E-state index < -0.39 is 0 Å². The van der Waals surface area contributed by atoms with Crippen molar-refractivity contribution in [3.8, 4) is 0 Å². The highest BCUT2D eigenvalue weighted by Crippen LogP contribution is 2.22. The number of H-pyrrole nitrogens is 1. The van der Waals surface area contributed by atoms with Crippen molar-refractivity contribution in [1.82, 2.24) is 9.97 Å². The van der Waals surface area contributed by atoms with Crippen LogP contribution >= 0.6 is 11.8 Å². The van der Waals surface area contributed by atoms with Crippen molar-refractivity contribution in [1.29, 1.82) is 0 Å². The number of rotatable bonds is 5. The topological polar surface area (TPSA) is 74.8 Å². The largest absolute Gasteiger partial charge is 0.325 e. The summed E-state index contributed by atoms with van der Waals surface area (Å²) in [4.78, 5) is 30.9. The molecule has 1 aromatic heterocycles. The first-order chi connectivity index (χ1) is 10.9. The molecule has 2 aromatic rings. The fourth-order valence-electron chi connectivity index (χ4n) is 2.13. The number of anilines is 1. The van der Waals surface area contributed by atoms with E-state index in [1.54, 1.807) is 6.92 Å². The predicted molar refractivity (Wildman–Crippen MR) is 94.1 cm³/mol. The molecule has 1 amide bonds. The van der Waals surface area contributed by atoms with E-state index in [1.807, 2.05) is 39.0 Å². The SMILES string of the molecule is CCc1cc(=O)[nH]c(SC(C)C(=O)Nc2ccc(C)cc2C)n1. The van der Waals surface area contributed by atoms with Crippen LogP contribution in [-0.2, 0) is 11.2 Å². The minimum absolute atomic E-state index is 0.119. The lowest BCUT2D eigenvalue weighted by molar-refractivity contribution is -0.115. The zero-order valence-corrected chi connectivity index (χ0v) is 14.6. The number of nitrogens with one attached hydrogen (secondary N) is 2. The van der Waals surface area contributed by atoms with Gasteiger partial charge in [-0.3, -0.25) is 9.59 Å². The maximum atomic E-state index is 12.3. The highest BCUT2D eigenvalue weighted by atomic mass is 32.2. The molecule has 0 saturated heterocycles. The van der Waals surface area contributed by atoms with Crippen molar-refractivity contribution in [2.75, 3.05) is 5.32 Å². The van der Waals surface area contributed by atoms with E-state index in [4.69, 9.17) is 0 Å². The number of nitrogens with zero attached hydrogens (tertiary/aromatic N) is 1. The Hall–Kier alpha value is -2.08. The van der Waals surface area contributed by atoms with Crippen molar-refractivity contribution in [3.63, 3.8) is 0 Å². The number of hydrogen-bond acceptors (Lipinski definition) is 4. The summed E-state index contributed by atoms with van der Waals surface area (Å²) in [5.74, 6) is -0.119. The summed E-state index contributed by atoms with van der Waals surface area (Å²) < 4.78 is 0. The Morgan fingerprint density at radius 1 is 1.35 bits per heavy atom. The van der Waals surface area contributed by atoms with E-state index in [2.05, 4.69) is 15.3 Å². The summed E-state index contributed by atoms with van der Waals surface area (Å²) >= 11 is 1.24. The lowest BCUT2D eigenvalue weighted by Gasteiger charge is -2.13. The van der Waals surface area contributed by atoms with E-state index in [0.29, 0.717) is 11.6 Å². The molecular formula is C17H21N3O2S. The second-order valence-corrected chi connectivity index (χ2v) is 6.79.